The van der Waals surface area contributed by atoms with Crippen LogP contribution in [0.15, 0.2) is 50.1 Å². The molecule has 0 aliphatic heterocycles. The Morgan fingerprint density at radius 1 is 1.20 bits per heavy atom. The van der Waals surface area contributed by atoms with Crippen LogP contribution in [0.2, 0.25) is 0 Å². The molecule has 1 N–H and O–H groups in total. The largest absolute Gasteiger partial charge is 0.417 e. The number of aromatic amines is 1. The van der Waals surface area contributed by atoms with Crippen molar-refractivity contribution in [3.63, 3.8) is 0 Å². The molecule has 0 saturated heterocycles. The van der Waals surface area contributed by atoms with Gasteiger partial charge in [0.2, 0.25) is 0 Å². The second kappa shape index (κ2) is 4.76. The first-order valence-electron chi connectivity index (χ1n) is 5.98. The minimum absolute atomic E-state index is 0.0965. The third kappa shape index (κ3) is 2.20. The van der Waals surface area contributed by atoms with Gasteiger partial charge in [0, 0.05) is 15.6 Å². The molecule has 1 aromatic heterocycles. The van der Waals surface area contributed by atoms with Gasteiger partial charge in [-0.2, -0.15) is 0 Å². The second-order valence-corrected chi connectivity index (χ2v) is 5.43. The Hall–Kier alpha value is -2.14. The first kappa shape index (κ1) is 12.9. The zero-order chi connectivity index (χ0) is 14.3. The lowest BCUT2D eigenvalue weighted by Crippen LogP contribution is -2.03. The smallest absolute Gasteiger partial charge is 0.408 e. The van der Waals surface area contributed by atoms with Crippen molar-refractivity contribution in [2.24, 2.45) is 0 Å². The number of carbonyl (C=O) groups excluding carboxylic acids is 1. The summed E-state index contributed by atoms with van der Waals surface area (Å²) in [4.78, 5) is 26.1. The molecule has 20 heavy (non-hydrogen) atoms. The highest BCUT2D eigenvalue weighted by Crippen LogP contribution is 2.20. The quantitative estimate of drug-likeness (QED) is 0.732. The number of fused-ring (bicyclic) bond motifs is 1. The highest BCUT2D eigenvalue weighted by atomic mass is 79.9. The third-order valence-electron chi connectivity index (χ3n) is 3.12. The molecule has 0 aliphatic carbocycles. The van der Waals surface area contributed by atoms with Crippen molar-refractivity contribution in [3.05, 3.63) is 68.1 Å². The molecule has 4 nitrogen and oxygen atoms in total. The minimum atomic E-state index is -0.524. The van der Waals surface area contributed by atoms with Crippen molar-refractivity contribution in [1.29, 1.82) is 0 Å². The van der Waals surface area contributed by atoms with Crippen molar-refractivity contribution in [1.82, 2.24) is 4.98 Å². The molecule has 0 saturated carbocycles. The van der Waals surface area contributed by atoms with E-state index in [2.05, 4.69) is 20.9 Å². The number of benzene rings is 2. The molecular formula is C15H10BrNO3. The lowest BCUT2D eigenvalue weighted by Gasteiger charge is -2.05. The molecule has 0 spiro atoms. The lowest BCUT2D eigenvalue weighted by molar-refractivity contribution is 0.103. The van der Waals surface area contributed by atoms with E-state index in [1.165, 1.54) is 0 Å². The van der Waals surface area contributed by atoms with E-state index in [4.69, 9.17) is 4.42 Å². The Bertz CT molecular complexity index is 876. The minimum Gasteiger partial charge on any atom is -0.408 e. The van der Waals surface area contributed by atoms with E-state index in [-0.39, 0.29) is 5.78 Å². The molecule has 1 heterocycles. The summed E-state index contributed by atoms with van der Waals surface area (Å²) in [6.07, 6.45) is 0. The maximum absolute atomic E-state index is 12.5. The van der Waals surface area contributed by atoms with Crippen molar-refractivity contribution in [3.8, 4) is 0 Å². The fourth-order valence-corrected chi connectivity index (χ4v) is 2.60. The Morgan fingerprint density at radius 2 is 2.00 bits per heavy atom. The predicted octanol–water partition coefficient (Wildman–Crippen LogP) is 3.42. The van der Waals surface area contributed by atoms with Gasteiger partial charge in [0.15, 0.2) is 11.4 Å². The summed E-state index contributed by atoms with van der Waals surface area (Å²) in [7, 11) is 0. The molecule has 0 radical (unpaired) electrons. The fraction of sp³-hybridized carbons (Fsp3) is 0.0667. The number of halogens is 1. The lowest BCUT2D eigenvalue weighted by atomic mass is 9.99. The summed E-state index contributed by atoms with van der Waals surface area (Å²) in [5.41, 5.74) is 2.98. The number of hydrogen-bond acceptors (Lipinski definition) is 3. The van der Waals surface area contributed by atoms with E-state index < -0.39 is 5.76 Å². The van der Waals surface area contributed by atoms with Crippen LogP contribution in [-0.4, -0.2) is 10.8 Å². The van der Waals surface area contributed by atoms with E-state index >= 15 is 0 Å². The van der Waals surface area contributed by atoms with Crippen molar-refractivity contribution in [2.45, 2.75) is 6.92 Å². The highest BCUT2D eigenvalue weighted by Gasteiger charge is 2.13. The second-order valence-electron chi connectivity index (χ2n) is 4.51. The van der Waals surface area contributed by atoms with Gasteiger partial charge >= 0.3 is 5.76 Å². The van der Waals surface area contributed by atoms with Gasteiger partial charge in [-0.15, -0.1) is 0 Å². The Kier molecular flexibility index (Phi) is 3.06. The van der Waals surface area contributed by atoms with Crippen molar-refractivity contribution >= 4 is 32.8 Å². The van der Waals surface area contributed by atoms with Gasteiger partial charge in [0.05, 0.1) is 5.52 Å². The Labute approximate surface area is 122 Å². The zero-order valence-corrected chi connectivity index (χ0v) is 12.2. The average Bonchev–Trinajstić information content (AvgIpc) is 2.77. The zero-order valence-electron chi connectivity index (χ0n) is 10.6. The van der Waals surface area contributed by atoms with Gasteiger partial charge < -0.3 is 4.42 Å². The van der Waals surface area contributed by atoms with Crippen LogP contribution in [0.3, 0.4) is 0 Å². The van der Waals surface area contributed by atoms with Crippen LogP contribution in [0.5, 0.6) is 0 Å². The van der Waals surface area contributed by atoms with Gasteiger partial charge in [0.25, 0.3) is 0 Å². The topological polar surface area (TPSA) is 63.1 Å². The van der Waals surface area contributed by atoms with Crippen molar-refractivity contribution in [2.75, 3.05) is 0 Å². The van der Waals surface area contributed by atoms with Gasteiger partial charge in [-0.3, -0.25) is 9.78 Å². The average molecular weight is 332 g/mol. The van der Waals surface area contributed by atoms with Gasteiger partial charge in [-0.05, 0) is 48.9 Å². The van der Waals surface area contributed by atoms with Crippen LogP contribution in [-0.2, 0) is 0 Å². The van der Waals surface area contributed by atoms with E-state index in [1.807, 2.05) is 19.1 Å². The highest BCUT2D eigenvalue weighted by molar-refractivity contribution is 9.10. The number of nitrogens with one attached hydrogen (secondary N) is 1. The van der Waals surface area contributed by atoms with Gasteiger partial charge in [-0.1, -0.05) is 15.9 Å². The Balaban J connectivity index is 2.09. The summed E-state index contributed by atoms with van der Waals surface area (Å²) in [6, 6.07) is 10.4. The number of ketones is 1. The first-order valence-corrected chi connectivity index (χ1v) is 6.77. The van der Waals surface area contributed by atoms with E-state index in [9.17, 15) is 9.59 Å². The predicted molar refractivity (Wildman–Crippen MR) is 79.1 cm³/mol. The maximum Gasteiger partial charge on any atom is 0.417 e. The molecule has 0 atom stereocenters. The van der Waals surface area contributed by atoms with Gasteiger partial charge in [-0.25, -0.2) is 4.79 Å². The van der Waals surface area contributed by atoms with Crippen LogP contribution in [0, 0.1) is 6.92 Å². The fourth-order valence-electron chi connectivity index (χ4n) is 2.12. The molecule has 3 aromatic rings. The summed E-state index contributed by atoms with van der Waals surface area (Å²) < 4.78 is 5.90. The van der Waals surface area contributed by atoms with Crippen molar-refractivity contribution < 1.29 is 9.21 Å². The van der Waals surface area contributed by atoms with Crippen LogP contribution < -0.4 is 5.76 Å². The number of oxazole rings is 1. The monoisotopic (exact) mass is 331 g/mol. The molecule has 0 unspecified atom stereocenters. The van der Waals surface area contributed by atoms with E-state index in [0.29, 0.717) is 22.2 Å². The molecule has 0 fully saturated rings. The SMILES string of the molecule is Cc1cc(Br)ccc1C(=O)c1ccc2[nH]c(=O)oc2c1. The van der Waals surface area contributed by atoms with E-state index in [0.717, 1.165) is 10.0 Å². The Morgan fingerprint density at radius 3 is 2.75 bits per heavy atom. The number of H-pyrrole nitrogens is 1. The summed E-state index contributed by atoms with van der Waals surface area (Å²) in [5, 5.41) is 0. The maximum atomic E-state index is 12.5. The molecule has 0 bridgehead atoms. The summed E-state index contributed by atoms with van der Waals surface area (Å²) in [5.74, 6) is -0.620. The third-order valence-corrected chi connectivity index (χ3v) is 3.61. The first-order chi connectivity index (χ1) is 9.54. The van der Waals surface area contributed by atoms with E-state index in [1.54, 1.807) is 24.3 Å². The normalized spacial score (nSPS) is 10.9. The van der Waals surface area contributed by atoms with Crippen LogP contribution in [0.1, 0.15) is 21.5 Å². The van der Waals surface area contributed by atoms with Crippen LogP contribution in [0.25, 0.3) is 11.1 Å². The number of carbonyl (C=O) groups is 1. The number of aromatic nitrogens is 1. The molecule has 3 rings (SSSR count). The number of aryl methyl sites for hydroxylation is 1. The molecule has 5 heteroatoms. The molecule has 0 amide bonds. The van der Waals surface area contributed by atoms with Gasteiger partial charge in [0.1, 0.15) is 0 Å². The molecule has 2 aromatic carbocycles. The molecule has 100 valence electrons. The standard InChI is InChI=1S/C15H10BrNO3/c1-8-6-10(16)3-4-11(8)14(18)9-2-5-12-13(7-9)20-15(19)17-12/h2-7H,1H3,(H,17,19). The van der Waals surface area contributed by atoms with Crippen LogP contribution >= 0.6 is 15.9 Å². The van der Waals surface area contributed by atoms with Crippen LogP contribution in [0.4, 0.5) is 0 Å². The molecular weight excluding hydrogens is 322 g/mol. The number of rotatable bonds is 2. The summed E-state index contributed by atoms with van der Waals surface area (Å²) >= 11 is 3.37. The molecule has 0 aliphatic rings. The summed E-state index contributed by atoms with van der Waals surface area (Å²) in [6.45, 7) is 1.88. The number of hydrogen-bond donors (Lipinski definition) is 1.